The molecule has 0 N–H and O–H groups in total. The monoisotopic (exact) mass is 303 g/mol. The van der Waals surface area contributed by atoms with Gasteiger partial charge in [-0.05, 0) is 32.6 Å². The Kier molecular flexibility index (Phi) is 4.93. The zero-order valence-electron chi connectivity index (χ0n) is 13.4. The third-order valence-corrected chi connectivity index (χ3v) is 4.54. The number of rotatable bonds is 4. The van der Waals surface area contributed by atoms with Gasteiger partial charge in [0.15, 0.2) is 5.76 Å². The Morgan fingerprint density at radius 2 is 2.09 bits per heavy atom. The minimum Gasteiger partial charge on any atom is -0.360 e. The summed E-state index contributed by atoms with van der Waals surface area (Å²) in [5.41, 5.74) is 2.26. The van der Waals surface area contributed by atoms with E-state index >= 15 is 0 Å². The second-order valence-corrected chi connectivity index (χ2v) is 6.38. The summed E-state index contributed by atoms with van der Waals surface area (Å²) in [4.78, 5) is 16.7. The number of carbonyl (C=O) groups excluding carboxylic acids is 1. The smallest absolute Gasteiger partial charge is 0.226 e. The molecule has 1 aliphatic carbocycles. The zero-order valence-corrected chi connectivity index (χ0v) is 13.4. The standard InChI is InChI=1S/C17H25N3O2/c1-14-11-16(22-18-14)13-19-7-9-20(10-8-19)17(21)12-15-5-3-2-4-6-15/h5,11H,2-4,6-10,12-13H2,1H3. The lowest BCUT2D eigenvalue weighted by Crippen LogP contribution is -2.48. The van der Waals surface area contributed by atoms with Crippen molar-refractivity contribution in [3.8, 4) is 0 Å². The van der Waals surface area contributed by atoms with Crippen molar-refractivity contribution in [2.45, 2.75) is 45.6 Å². The second kappa shape index (κ2) is 7.09. The highest BCUT2D eigenvalue weighted by Gasteiger charge is 2.22. The van der Waals surface area contributed by atoms with Crippen LogP contribution < -0.4 is 0 Å². The van der Waals surface area contributed by atoms with Crippen LogP contribution >= 0.6 is 0 Å². The molecule has 5 heteroatoms. The van der Waals surface area contributed by atoms with Crippen LogP contribution in [0.15, 0.2) is 22.2 Å². The molecule has 0 spiro atoms. The minimum absolute atomic E-state index is 0.295. The Hall–Kier alpha value is -1.62. The topological polar surface area (TPSA) is 49.6 Å². The van der Waals surface area contributed by atoms with E-state index in [0.717, 1.165) is 57.0 Å². The number of amides is 1. The summed E-state index contributed by atoms with van der Waals surface area (Å²) in [6.45, 7) is 6.17. The molecule has 120 valence electrons. The SMILES string of the molecule is Cc1cc(CN2CCN(C(=O)CC3=CCCCC3)CC2)on1. The molecule has 0 saturated carbocycles. The van der Waals surface area contributed by atoms with E-state index < -0.39 is 0 Å². The van der Waals surface area contributed by atoms with Gasteiger partial charge in [0.05, 0.1) is 12.2 Å². The van der Waals surface area contributed by atoms with E-state index in [9.17, 15) is 4.79 Å². The van der Waals surface area contributed by atoms with Gasteiger partial charge in [-0.2, -0.15) is 0 Å². The summed E-state index contributed by atoms with van der Waals surface area (Å²) >= 11 is 0. The van der Waals surface area contributed by atoms with E-state index in [1.54, 1.807) is 0 Å². The number of nitrogens with zero attached hydrogens (tertiary/aromatic N) is 3. The molecule has 1 aromatic heterocycles. The summed E-state index contributed by atoms with van der Waals surface area (Å²) < 4.78 is 5.26. The molecule has 0 radical (unpaired) electrons. The van der Waals surface area contributed by atoms with Crippen LogP contribution in [0, 0.1) is 6.92 Å². The van der Waals surface area contributed by atoms with Crippen molar-refractivity contribution >= 4 is 5.91 Å². The largest absolute Gasteiger partial charge is 0.360 e. The fourth-order valence-electron chi connectivity index (χ4n) is 3.24. The maximum atomic E-state index is 12.4. The molecule has 1 fully saturated rings. The molecule has 1 aromatic rings. The highest BCUT2D eigenvalue weighted by molar-refractivity contribution is 5.78. The maximum Gasteiger partial charge on any atom is 0.226 e. The first-order valence-corrected chi connectivity index (χ1v) is 8.31. The van der Waals surface area contributed by atoms with Crippen molar-refractivity contribution in [1.82, 2.24) is 15.0 Å². The number of hydrogen-bond donors (Lipinski definition) is 0. The number of hydrogen-bond acceptors (Lipinski definition) is 4. The van der Waals surface area contributed by atoms with Gasteiger partial charge < -0.3 is 9.42 Å². The first-order chi connectivity index (χ1) is 10.7. The summed E-state index contributed by atoms with van der Waals surface area (Å²) in [7, 11) is 0. The average molecular weight is 303 g/mol. The van der Waals surface area contributed by atoms with Crippen molar-refractivity contribution in [3.63, 3.8) is 0 Å². The lowest BCUT2D eigenvalue weighted by molar-refractivity contribution is -0.132. The van der Waals surface area contributed by atoms with E-state index in [1.165, 1.54) is 18.4 Å². The van der Waals surface area contributed by atoms with Gasteiger partial charge in [0, 0.05) is 38.7 Å². The highest BCUT2D eigenvalue weighted by Crippen LogP contribution is 2.21. The van der Waals surface area contributed by atoms with E-state index in [-0.39, 0.29) is 0 Å². The number of piperazine rings is 1. The van der Waals surface area contributed by atoms with Gasteiger partial charge in [-0.1, -0.05) is 16.8 Å². The third-order valence-electron chi connectivity index (χ3n) is 4.54. The van der Waals surface area contributed by atoms with Crippen molar-refractivity contribution < 1.29 is 9.32 Å². The normalized spacial score (nSPS) is 20.0. The zero-order chi connectivity index (χ0) is 15.4. The van der Waals surface area contributed by atoms with Crippen LogP contribution in [0.25, 0.3) is 0 Å². The van der Waals surface area contributed by atoms with Crippen LogP contribution in [0.5, 0.6) is 0 Å². The van der Waals surface area contributed by atoms with Crippen molar-refractivity contribution in [2.75, 3.05) is 26.2 Å². The van der Waals surface area contributed by atoms with Crippen LogP contribution in [-0.2, 0) is 11.3 Å². The molecule has 2 heterocycles. The van der Waals surface area contributed by atoms with E-state index in [1.807, 2.05) is 17.9 Å². The molecule has 0 bridgehead atoms. The van der Waals surface area contributed by atoms with Gasteiger partial charge in [-0.15, -0.1) is 0 Å². The Balaban J connectivity index is 1.44. The molecule has 22 heavy (non-hydrogen) atoms. The summed E-state index contributed by atoms with van der Waals surface area (Å²) in [6.07, 6.45) is 7.66. The van der Waals surface area contributed by atoms with Crippen molar-refractivity contribution in [1.29, 1.82) is 0 Å². The lowest BCUT2D eigenvalue weighted by Gasteiger charge is -2.34. The number of carbonyl (C=O) groups is 1. The first kappa shape index (κ1) is 15.3. The Labute approximate surface area is 131 Å². The number of allylic oxidation sites excluding steroid dienone is 1. The van der Waals surface area contributed by atoms with Crippen LogP contribution in [-0.4, -0.2) is 47.0 Å². The van der Waals surface area contributed by atoms with Gasteiger partial charge in [0.25, 0.3) is 0 Å². The summed E-state index contributed by atoms with van der Waals surface area (Å²) in [5.74, 6) is 1.20. The average Bonchev–Trinajstić information content (AvgIpc) is 2.94. The van der Waals surface area contributed by atoms with Crippen LogP contribution in [0.2, 0.25) is 0 Å². The Morgan fingerprint density at radius 3 is 2.73 bits per heavy atom. The van der Waals surface area contributed by atoms with E-state index in [4.69, 9.17) is 4.52 Å². The minimum atomic E-state index is 0.295. The number of aromatic nitrogens is 1. The van der Waals surface area contributed by atoms with Gasteiger partial charge in [-0.3, -0.25) is 9.69 Å². The molecule has 1 saturated heterocycles. The molecular weight excluding hydrogens is 278 g/mol. The van der Waals surface area contributed by atoms with E-state index in [2.05, 4.69) is 16.1 Å². The number of aryl methyl sites for hydroxylation is 1. The molecule has 0 atom stereocenters. The molecule has 0 aromatic carbocycles. The molecular formula is C17H25N3O2. The first-order valence-electron chi connectivity index (χ1n) is 8.31. The maximum absolute atomic E-state index is 12.4. The summed E-state index contributed by atoms with van der Waals surface area (Å²) in [5, 5.41) is 3.92. The lowest BCUT2D eigenvalue weighted by atomic mass is 9.97. The fourth-order valence-corrected chi connectivity index (χ4v) is 3.24. The summed E-state index contributed by atoms with van der Waals surface area (Å²) in [6, 6.07) is 1.98. The van der Waals surface area contributed by atoms with Crippen LogP contribution in [0.4, 0.5) is 0 Å². The molecule has 5 nitrogen and oxygen atoms in total. The second-order valence-electron chi connectivity index (χ2n) is 6.38. The predicted octanol–water partition coefficient (Wildman–Crippen LogP) is 2.52. The van der Waals surface area contributed by atoms with Gasteiger partial charge in [0.2, 0.25) is 5.91 Å². The Morgan fingerprint density at radius 1 is 1.27 bits per heavy atom. The van der Waals surface area contributed by atoms with Gasteiger partial charge >= 0.3 is 0 Å². The van der Waals surface area contributed by atoms with E-state index in [0.29, 0.717) is 12.3 Å². The van der Waals surface area contributed by atoms with Gasteiger partial charge in [0.1, 0.15) is 0 Å². The van der Waals surface area contributed by atoms with Gasteiger partial charge in [-0.25, -0.2) is 0 Å². The molecule has 1 aliphatic heterocycles. The van der Waals surface area contributed by atoms with Crippen LogP contribution in [0.3, 0.4) is 0 Å². The predicted molar refractivity (Wildman–Crippen MR) is 84.3 cm³/mol. The van der Waals surface area contributed by atoms with Crippen molar-refractivity contribution in [3.05, 3.63) is 29.2 Å². The fraction of sp³-hybridized carbons (Fsp3) is 0.647. The molecule has 1 amide bonds. The Bertz CT molecular complexity index is 542. The molecule has 3 rings (SSSR count). The molecule has 0 unspecified atom stereocenters. The van der Waals surface area contributed by atoms with Crippen LogP contribution in [0.1, 0.15) is 43.6 Å². The quantitative estimate of drug-likeness (QED) is 0.802. The highest BCUT2D eigenvalue weighted by atomic mass is 16.5. The van der Waals surface area contributed by atoms with Crippen molar-refractivity contribution in [2.24, 2.45) is 0 Å². The molecule has 2 aliphatic rings. The third kappa shape index (κ3) is 3.97.